The number of carboxylic acid groups (broad SMARTS) is 1. The van der Waals surface area contributed by atoms with Gasteiger partial charge in [-0.05, 0) is 85.9 Å². The Balaban J connectivity index is 1.42. The number of piperidine rings is 1. The second-order valence-electron chi connectivity index (χ2n) is 10.3. The molecule has 0 spiro atoms. The molecule has 0 radical (unpaired) electrons. The van der Waals surface area contributed by atoms with Crippen LogP contribution in [-0.2, 0) is 18.3 Å². The Bertz CT molecular complexity index is 1360. The Morgan fingerprint density at radius 2 is 1.89 bits per heavy atom. The standard InChI is InChI=1S/C28H29Cl2FN2O3/c1-15-9-16(10-26(34)35)7-8-33(15)28(36)20-5-6-23(29)21(27(20)30)13-19-14-22-24(31)11-18(17-3-4-17)12-25(22)32(19)2/h5-6,11-12,14-17H,3-4,7-10,13H2,1-2H3,(H,34,35). The van der Waals surface area contributed by atoms with Crippen LogP contribution in [0.4, 0.5) is 4.39 Å². The summed E-state index contributed by atoms with van der Waals surface area (Å²) in [6.07, 6.45) is 3.96. The molecule has 8 heteroatoms. The largest absolute Gasteiger partial charge is 0.481 e. The molecular weight excluding hydrogens is 502 g/mol. The minimum absolute atomic E-state index is 0.0603. The van der Waals surface area contributed by atoms with Gasteiger partial charge >= 0.3 is 5.97 Å². The summed E-state index contributed by atoms with van der Waals surface area (Å²) < 4.78 is 16.9. The number of likely N-dealkylation sites (tertiary alicyclic amines) is 1. The number of nitrogens with zero attached hydrogens (tertiary/aromatic N) is 2. The predicted octanol–water partition coefficient (Wildman–Crippen LogP) is 6.81. The molecule has 1 aromatic heterocycles. The van der Waals surface area contributed by atoms with Crippen molar-refractivity contribution in [3.8, 4) is 0 Å². The van der Waals surface area contributed by atoms with Crippen LogP contribution >= 0.6 is 23.2 Å². The molecule has 2 heterocycles. The van der Waals surface area contributed by atoms with Crippen LogP contribution < -0.4 is 0 Å². The molecule has 2 aliphatic rings. The zero-order valence-electron chi connectivity index (χ0n) is 20.4. The van der Waals surface area contributed by atoms with Crippen molar-refractivity contribution in [1.82, 2.24) is 9.47 Å². The van der Waals surface area contributed by atoms with E-state index in [-0.39, 0.29) is 30.1 Å². The van der Waals surface area contributed by atoms with Gasteiger partial charge in [0.1, 0.15) is 5.82 Å². The number of rotatable bonds is 6. The van der Waals surface area contributed by atoms with Gasteiger partial charge in [-0.1, -0.05) is 23.2 Å². The summed E-state index contributed by atoms with van der Waals surface area (Å²) in [5.41, 5.74) is 3.74. The van der Waals surface area contributed by atoms with E-state index >= 15 is 0 Å². The summed E-state index contributed by atoms with van der Waals surface area (Å²) in [5.74, 6) is -0.709. The number of aliphatic carboxylic acids is 1. The van der Waals surface area contributed by atoms with Crippen LogP contribution in [-0.4, -0.2) is 39.0 Å². The predicted molar refractivity (Wildman–Crippen MR) is 140 cm³/mol. The molecule has 3 aromatic rings. The van der Waals surface area contributed by atoms with Crippen molar-refractivity contribution in [3.63, 3.8) is 0 Å². The molecular formula is C28H29Cl2FN2O3. The highest BCUT2D eigenvalue weighted by molar-refractivity contribution is 6.38. The third-order valence-electron chi connectivity index (χ3n) is 7.77. The van der Waals surface area contributed by atoms with Crippen LogP contribution in [0.5, 0.6) is 0 Å². The van der Waals surface area contributed by atoms with Gasteiger partial charge in [-0.3, -0.25) is 9.59 Å². The number of halogens is 3. The van der Waals surface area contributed by atoms with Crippen molar-refractivity contribution in [2.45, 2.75) is 57.4 Å². The first-order chi connectivity index (χ1) is 17.1. The van der Waals surface area contributed by atoms with Gasteiger partial charge in [0.2, 0.25) is 0 Å². The lowest BCUT2D eigenvalue weighted by Gasteiger charge is -2.37. The fourth-order valence-electron chi connectivity index (χ4n) is 5.55. The Kier molecular flexibility index (Phi) is 6.77. The van der Waals surface area contributed by atoms with E-state index in [1.54, 1.807) is 23.1 Å². The molecule has 190 valence electrons. The van der Waals surface area contributed by atoms with Gasteiger partial charge in [-0.15, -0.1) is 0 Å². The quantitative estimate of drug-likeness (QED) is 0.380. The average Bonchev–Trinajstić information content (AvgIpc) is 3.61. The minimum atomic E-state index is -0.811. The number of carboxylic acids is 1. The second kappa shape index (κ2) is 9.71. The van der Waals surface area contributed by atoms with E-state index in [0.717, 1.165) is 29.6 Å². The zero-order valence-corrected chi connectivity index (χ0v) is 21.9. The first-order valence-corrected chi connectivity index (χ1v) is 13.2. The normalized spacial score (nSPS) is 20.2. The number of hydrogen-bond donors (Lipinski definition) is 1. The van der Waals surface area contributed by atoms with Gasteiger partial charge in [0.25, 0.3) is 5.91 Å². The van der Waals surface area contributed by atoms with Crippen molar-refractivity contribution >= 4 is 46.0 Å². The fraction of sp³-hybridized carbons (Fsp3) is 0.429. The lowest BCUT2D eigenvalue weighted by Crippen LogP contribution is -2.45. The molecule has 2 unspecified atom stereocenters. The number of benzene rings is 2. The third-order valence-corrected chi connectivity index (χ3v) is 8.55. The molecule has 36 heavy (non-hydrogen) atoms. The highest BCUT2D eigenvalue weighted by atomic mass is 35.5. The number of fused-ring (bicyclic) bond motifs is 1. The van der Waals surface area contributed by atoms with Crippen LogP contribution in [0.15, 0.2) is 30.3 Å². The average molecular weight is 531 g/mol. The smallest absolute Gasteiger partial charge is 0.303 e. The molecule has 2 fully saturated rings. The fourth-order valence-corrected chi connectivity index (χ4v) is 6.13. The maximum atomic E-state index is 14.9. The van der Waals surface area contributed by atoms with E-state index in [2.05, 4.69) is 6.07 Å². The molecule has 2 aromatic carbocycles. The monoisotopic (exact) mass is 530 g/mol. The molecule has 1 saturated heterocycles. The second-order valence-corrected chi connectivity index (χ2v) is 11.1. The van der Waals surface area contributed by atoms with Crippen molar-refractivity contribution < 1.29 is 19.1 Å². The minimum Gasteiger partial charge on any atom is -0.481 e. The molecule has 1 N–H and O–H groups in total. The number of aryl methyl sites for hydroxylation is 1. The molecule has 2 atom stereocenters. The summed E-state index contributed by atoms with van der Waals surface area (Å²) >= 11 is 13.3. The van der Waals surface area contributed by atoms with Gasteiger partial charge in [-0.2, -0.15) is 0 Å². The van der Waals surface area contributed by atoms with Crippen LogP contribution in [0, 0.1) is 11.7 Å². The van der Waals surface area contributed by atoms with Crippen molar-refractivity contribution in [2.75, 3.05) is 6.54 Å². The summed E-state index contributed by atoms with van der Waals surface area (Å²) in [5, 5.41) is 10.4. The Hall–Kier alpha value is -2.57. The van der Waals surface area contributed by atoms with Gasteiger partial charge in [0.05, 0.1) is 16.1 Å². The molecule has 1 aliphatic carbocycles. The molecule has 5 nitrogen and oxygen atoms in total. The lowest BCUT2D eigenvalue weighted by molar-refractivity contribution is -0.138. The number of aromatic nitrogens is 1. The van der Waals surface area contributed by atoms with E-state index in [1.807, 2.05) is 24.6 Å². The van der Waals surface area contributed by atoms with Crippen molar-refractivity contribution in [1.29, 1.82) is 0 Å². The van der Waals surface area contributed by atoms with Gasteiger partial charge in [-0.25, -0.2) is 4.39 Å². The number of hydrogen-bond acceptors (Lipinski definition) is 2. The topological polar surface area (TPSA) is 62.5 Å². The highest BCUT2D eigenvalue weighted by Gasteiger charge is 2.32. The first kappa shape index (κ1) is 25.1. The van der Waals surface area contributed by atoms with E-state index < -0.39 is 5.97 Å². The maximum absolute atomic E-state index is 14.9. The number of carbonyl (C=O) groups excluding carboxylic acids is 1. The Labute approximate surface area is 219 Å². The van der Waals surface area contributed by atoms with E-state index in [0.29, 0.717) is 58.3 Å². The van der Waals surface area contributed by atoms with E-state index in [1.165, 1.54) is 0 Å². The van der Waals surface area contributed by atoms with Gasteiger partial charge < -0.3 is 14.6 Å². The molecule has 1 aliphatic heterocycles. The van der Waals surface area contributed by atoms with Gasteiger partial charge in [0, 0.05) is 48.6 Å². The summed E-state index contributed by atoms with van der Waals surface area (Å²) in [4.78, 5) is 26.3. The summed E-state index contributed by atoms with van der Waals surface area (Å²) in [7, 11) is 1.91. The Morgan fingerprint density at radius 3 is 2.56 bits per heavy atom. The lowest BCUT2D eigenvalue weighted by atomic mass is 9.88. The number of carbonyl (C=O) groups is 2. The van der Waals surface area contributed by atoms with Gasteiger partial charge in [0.15, 0.2) is 0 Å². The van der Waals surface area contributed by atoms with Crippen LogP contribution in [0.2, 0.25) is 10.0 Å². The number of amides is 1. The third kappa shape index (κ3) is 4.73. The van der Waals surface area contributed by atoms with Crippen LogP contribution in [0.1, 0.15) is 72.1 Å². The summed E-state index contributed by atoms with van der Waals surface area (Å²) in [6, 6.07) is 8.79. The van der Waals surface area contributed by atoms with Crippen LogP contribution in [0.25, 0.3) is 10.9 Å². The maximum Gasteiger partial charge on any atom is 0.303 e. The molecule has 1 saturated carbocycles. The van der Waals surface area contributed by atoms with E-state index in [9.17, 15) is 14.0 Å². The van der Waals surface area contributed by atoms with E-state index in [4.69, 9.17) is 28.3 Å². The molecule has 5 rings (SSSR count). The van der Waals surface area contributed by atoms with Crippen LogP contribution in [0.3, 0.4) is 0 Å². The first-order valence-electron chi connectivity index (χ1n) is 12.4. The SMILES string of the molecule is CC1CC(CC(=O)O)CCN1C(=O)c1ccc(Cl)c(Cc2cc3c(F)cc(C4CC4)cc3n2C)c1Cl. The molecule has 0 bridgehead atoms. The summed E-state index contributed by atoms with van der Waals surface area (Å²) in [6.45, 7) is 2.43. The Morgan fingerprint density at radius 1 is 1.14 bits per heavy atom. The zero-order chi connectivity index (χ0) is 25.7. The van der Waals surface area contributed by atoms with Crippen molar-refractivity contribution in [2.24, 2.45) is 13.0 Å². The molecule has 1 amide bonds. The van der Waals surface area contributed by atoms with Crippen molar-refractivity contribution in [3.05, 3.63) is 68.6 Å². The highest BCUT2D eigenvalue weighted by Crippen LogP contribution is 2.42.